The van der Waals surface area contributed by atoms with Gasteiger partial charge in [0.25, 0.3) is 0 Å². The minimum Gasteiger partial charge on any atom is -0.490 e. The molecule has 0 radical (unpaired) electrons. The topological polar surface area (TPSA) is 35.2 Å². The molecule has 1 saturated carbocycles. The van der Waals surface area contributed by atoms with Crippen molar-refractivity contribution in [3.05, 3.63) is 18.2 Å². The van der Waals surface area contributed by atoms with E-state index in [0.29, 0.717) is 6.10 Å². The van der Waals surface area contributed by atoms with Gasteiger partial charge < -0.3 is 10.5 Å². The normalized spacial score (nSPS) is 15.8. The number of benzene rings is 1. The number of anilines is 1. The predicted octanol–water partition coefficient (Wildman–Crippen LogP) is 2.53. The van der Waals surface area contributed by atoms with Crippen molar-refractivity contribution >= 4 is 17.4 Å². The van der Waals surface area contributed by atoms with E-state index in [2.05, 4.69) is 0 Å². The van der Waals surface area contributed by atoms with Gasteiger partial charge in [-0.05, 0) is 31.2 Å². The Kier molecular flexibility index (Phi) is 2.36. The molecular formula is C10H13NOS. The Bertz CT molecular complexity index is 310. The molecule has 70 valence electrons. The number of hydrogen-bond acceptors (Lipinski definition) is 3. The number of thioether (sulfide) groups is 1. The Balaban J connectivity index is 2.13. The summed E-state index contributed by atoms with van der Waals surface area (Å²) in [5.41, 5.74) is 6.64. The van der Waals surface area contributed by atoms with Crippen LogP contribution in [0.1, 0.15) is 12.8 Å². The third kappa shape index (κ3) is 2.10. The standard InChI is InChI=1S/C10H13NOS/c1-13-10-5-4-8(6-9(10)11)12-7-2-3-7/h4-7H,2-3,11H2,1H3. The van der Waals surface area contributed by atoms with Gasteiger partial charge in [-0.3, -0.25) is 0 Å². The fraction of sp³-hybridized carbons (Fsp3) is 0.400. The molecule has 0 saturated heterocycles. The summed E-state index contributed by atoms with van der Waals surface area (Å²) < 4.78 is 5.62. The van der Waals surface area contributed by atoms with E-state index in [1.54, 1.807) is 11.8 Å². The van der Waals surface area contributed by atoms with Crippen molar-refractivity contribution in [1.29, 1.82) is 0 Å². The van der Waals surface area contributed by atoms with Crippen molar-refractivity contribution < 1.29 is 4.74 Å². The minimum absolute atomic E-state index is 0.444. The summed E-state index contributed by atoms with van der Waals surface area (Å²) in [6, 6.07) is 5.91. The zero-order valence-corrected chi connectivity index (χ0v) is 8.43. The molecule has 0 heterocycles. The van der Waals surface area contributed by atoms with Gasteiger partial charge in [-0.2, -0.15) is 0 Å². The number of rotatable bonds is 3. The number of ether oxygens (including phenoxy) is 1. The van der Waals surface area contributed by atoms with E-state index in [4.69, 9.17) is 10.5 Å². The Hall–Kier alpha value is -0.830. The van der Waals surface area contributed by atoms with Gasteiger partial charge in [0.05, 0.1) is 6.10 Å². The van der Waals surface area contributed by atoms with E-state index in [0.717, 1.165) is 16.3 Å². The van der Waals surface area contributed by atoms with Crippen molar-refractivity contribution in [1.82, 2.24) is 0 Å². The second-order valence-corrected chi connectivity index (χ2v) is 4.07. The molecule has 1 fully saturated rings. The first kappa shape index (κ1) is 8.75. The third-order valence-corrected chi connectivity index (χ3v) is 2.84. The van der Waals surface area contributed by atoms with E-state index in [9.17, 15) is 0 Å². The third-order valence-electron chi connectivity index (χ3n) is 2.03. The number of hydrogen-bond donors (Lipinski definition) is 1. The Morgan fingerprint density at radius 1 is 1.46 bits per heavy atom. The van der Waals surface area contributed by atoms with Gasteiger partial charge in [-0.25, -0.2) is 0 Å². The van der Waals surface area contributed by atoms with Crippen molar-refractivity contribution in [2.75, 3.05) is 12.0 Å². The quantitative estimate of drug-likeness (QED) is 0.594. The molecule has 2 rings (SSSR count). The molecular weight excluding hydrogens is 182 g/mol. The van der Waals surface area contributed by atoms with Crippen LogP contribution in [0.5, 0.6) is 5.75 Å². The fourth-order valence-corrected chi connectivity index (χ4v) is 1.66. The fourth-order valence-electron chi connectivity index (χ4n) is 1.16. The number of nitrogen functional groups attached to an aromatic ring is 1. The van der Waals surface area contributed by atoms with Crippen LogP contribution in [0.4, 0.5) is 5.69 Å². The molecule has 0 unspecified atom stereocenters. The summed E-state index contributed by atoms with van der Waals surface area (Å²) >= 11 is 1.66. The molecule has 0 bridgehead atoms. The van der Waals surface area contributed by atoms with Crippen molar-refractivity contribution in [3.8, 4) is 5.75 Å². The van der Waals surface area contributed by atoms with Crippen LogP contribution in [-0.2, 0) is 0 Å². The van der Waals surface area contributed by atoms with Gasteiger partial charge >= 0.3 is 0 Å². The second-order valence-electron chi connectivity index (χ2n) is 3.22. The van der Waals surface area contributed by atoms with Gasteiger partial charge in [0.15, 0.2) is 0 Å². The molecule has 1 aromatic rings. The van der Waals surface area contributed by atoms with Crippen LogP contribution in [0.25, 0.3) is 0 Å². The molecule has 1 aromatic carbocycles. The maximum absolute atomic E-state index is 5.83. The van der Waals surface area contributed by atoms with E-state index in [-0.39, 0.29) is 0 Å². The molecule has 0 spiro atoms. The molecule has 13 heavy (non-hydrogen) atoms. The predicted molar refractivity (Wildman–Crippen MR) is 56.3 cm³/mol. The van der Waals surface area contributed by atoms with Crippen molar-refractivity contribution in [2.45, 2.75) is 23.8 Å². The first-order valence-corrected chi connectivity index (χ1v) is 5.62. The lowest BCUT2D eigenvalue weighted by Crippen LogP contribution is -1.97. The minimum atomic E-state index is 0.444. The van der Waals surface area contributed by atoms with Crippen LogP contribution < -0.4 is 10.5 Å². The van der Waals surface area contributed by atoms with Crippen molar-refractivity contribution in [2.24, 2.45) is 0 Å². The van der Waals surface area contributed by atoms with Gasteiger partial charge in [0.1, 0.15) is 5.75 Å². The van der Waals surface area contributed by atoms with Gasteiger partial charge in [-0.1, -0.05) is 0 Å². The first-order valence-electron chi connectivity index (χ1n) is 4.40. The molecule has 3 heteroatoms. The summed E-state index contributed by atoms with van der Waals surface area (Å²) in [6.45, 7) is 0. The van der Waals surface area contributed by atoms with E-state index >= 15 is 0 Å². The monoisotopic (exact) mass is 195 g/mol. The van der Waals surface area contributed by atoms with E-state index in [1.165, 1.54) is 12.8 Å². The summed E-state index contributed by atoms with van der Waals surface area (Å²) in [7, 11) is 0. The van der Waals surface area contributed by atoms with Crippen LogP contribution in [-0.4, -0.2) is 12.4 Å². The summed E-state index contributed by atoms with van der Waals surface area (Å²) in [5.74, 6) is 0.901. The highest BCUT2D eigenvalue weighted by Crippen LogP contribution is 2.31. The average molecular weight is 195 g/mol. The highest BCUT2D eigenvalue weighted by molar-refractivity contribution is 7.98. The molecule has 0 aromatic heterocycles. The summed E-state index contributed by atoms with van der Waals surface area (Å²) in [6.07, 6.45) is 4.83. The lowest BCUT2D eigenvalue weighted by molar-refractivity contribution is 0.303. The lowest BCUT2D eigenvalue weighted by atomic mass is 10.3. The van der Waals surface area contributed by atoms with Gasteiger partial charge in [0.2, 0.25) is 0 Å². The second kappa shape index (κ2) is 3.50. The van der Waals surface area contributed by atoms with Gasteiger partial charge in [0, 0.05) is 16.6 Å². The first-order chi connectivity index (χ1) is 6.29. The molecule has 0 aliphatic heterocycles. The average Bonchev–Trinajstić information content (AvgIpc) is 2.89. The summed E-state index contributed by atoms with van der Waals surface area (Å²) in [5, 5.41) is 0. The van der Waals surface area contributed by atoms with Crippen LogP contribution in [0.15, 0.2) is 23.1 Å². The van der Waals surface area contributed by atoms with Crippen molar-refractivity contribution in [3.63, 3.8) is 0 Å². The molecule has 1 aliphatic carbocycles. The Morgan fingerprint density at radius 2 is 2.23 bits per heavy atom. The molecule has 2 nitrogen and oxygen atoms in total. The maximum atomic E-state index is 5.83. The maximum Gasteiger partial charge on any atom is 0.121 e. The highest BCUT2D eigenvalue weighted by Gasteiger charge is 2.23. The lowest BCUT2D eigenvalue weighted by Gasteiger charge is -2.07. The van der Waals surface area contributed by atoms with Crippen LogP contribution in [0.3, 0.4) is 0 Å². The zero-order valence-electron chi connectivity index (χ0n) is 7.62. The van der Waals surface area contributed by atoms with E-state index < -0.39 is 0 Å². The molecule has 0 amide bonds. The highest BCUT2D eigenvalue weighted by atomic mass is 32.2. The molecule has 1 aliphatic rings. The molecule has 2 N–H and O–H groups in total. The van der Waals surface area contributed by atoms with E-state index in [1.807, 2.05) is 24.5 Å². The summed E-state index contributed by atoms with van der Waals surface area (Å²) in [4.78, 5) is 1.11. The zero-order chi connectivity index (χ0) is 9.26. The van der Waals surface area contributed by atoms with Crippen LogP contribution in [0, 0.1) is 0 Å². The Labute approximate surface area is 82.5 Å². The molecule has 0 atom stereocenters. The largest absolute Gasteiger partial charge is 0.490 e. The van der Waals surface area contributed by atoms with Crippen LogP contribution in [0.2, 0.25) is 0 Å². The van der Waals surface area contributed by atoms with Crippen LogP contribution >= 0.6 is 11.8 Å². The SMILES string of the molecule is CSc1ccc(OC2CC2)cc1N. The Morgan fingerprint density at radius 3 is 2.77 bits per heavy atom. The van der Waals surface area contributed by atoms with Gasteiger partial charge in [-0.15, -0.1) is 11.8 Å². The number of nitrogens with two attached hydrogens (primary N) is 1. The smallest absolute Gasteiger partial charge is 0.121 e.